The van der Waals surface area contributed by atoms with E-state index < -0.39 is 20.8 Å². The van der Waals surface area contributed by atoms with Crippen molar-refractivity contribution < 1.29 is 27.6 Å². The highest BCUT2D eigenvalue weighted by molar-refractivity contribution is 7.66. The van der Waals surface area contributed by atoms with Crippen molar-refractivity contribution in [3.05, 3.63) is 12.0 Å². The van der Waals surface area contributed by atoms with E-state index in [1.807, 2.05) is 0 Å². The lowest BCUT2D eigenvalue weighted by molar-refractivity contribution is 0.0742. The molecular formula is C7H14O6P2. The molecule has 0 aromatic rings. The van der Waals surface area contributed by atoms with E-state index in [4.69, 9.17) is 13.4 Å². The van der Waals surface area contributed by atoms with Gasteiger partial charge in [0.2, 0.25) is 0 Å². The highest BCUT2D eigenvalue weighted by Crippen LogP contribution is 2.64. The van der Waals surface area contributed by atoms with Crippen LogP contribution in [0.1, 0.15) is 13.8 Å². The second-order valence-corrected chi connectivity index (χ2v) is 7.97. The minimum absolute atomic E-state index is 0.296. The second-order valence-electron chi connectivity index (χ2n) is 3.83. The first-order chi connectivity index (χ1) is 6.54. The van der Waals surface area contributed by atoms with Gasteiger partial charge in [0.1, 0.15) is 11.9 Å². The summed E-state index contributed by atoms with van der Waals surface area (Å²) in [6, 6.07) is 0. The van der Waals surface area contributed by atoms with Gasteiger partial charge in [0, 0.05) is 6.66 Å². The first-order valence-electron chi connectivity index (χ1n) is 4.19. The van der Waals surface area contributed by atoms with Gasteiger partial charge in [0.15, 0.2) is 5.76 Å². The van der Waals surface area contributed by atoms with Crippen LogP contribution in [0.4, 0.5) is 0 Å². The Balaban J connectivity index is 3.15. The molecule has 0 saturated heterocycles. The van der Waals surface area contributed by atoms with Gasteiger partial charge in [-0.2, -0.15) is 0 Å². The number of aliphatic hydroxyl groups is 1. The monoisotopic (exact) mass is 256 g/mol. The van der Waals surface area contributed by atoms with Crippen molar-refractivity contribution in [3.63, 3.8) is 0 Å². The number of hydrogen-bond acceptors (Lipinski definition) is 6. The van der Waals surface area contributed by atoms with Gasteiger partial charge in [0.05, 0.1) is 6.66 Å². The Morgan fingerprint density at radius 3 is 2.33 bits per heavy atom. The summed E-state index contributed by atoms with van der Waals surface area (Å²) in [6.07, 6.45) is 0.889. The third-order valence-corrected chi connectivity index (χ3v) is 5.31. The van der Waals surface area contributed by atoms with Crippen LogP contribution in [0.25, 0.3) is 0 Å². The predicted octanol–water partition coefficient (Wildman–Crippen LogP) is 2.87. The van der Waals surface area contributed by atoms with Crippen LogP contribution in [-0.4, -0.2) is 24.0 Å². The molecule has 0 bridgehead atoms. The van der Waals surface area contributed by atoms with Gasteiger partial charge in [-0.25, -0.2) is 8.88 Å². The smallest absolute Gasteiger partial charge is 0.382 e. The summed E-state index contributed by atoms with van der Waals surface area (Å²) >= 11 is 0. The molecule has 1 aliphatic rings. The van der Waals surface area contributed by atoms with Crippen molar-refractivity contribution in [2.45, 2.75) is 19.4 Å². The molecule has 1 heterocycles. The van der Waals surface area contributed by atoms with Crippen molar-refractivity contribution in [1.82, 2.24) is 0 Å². The van der Waals surface area contributed by atoms with Gasteiger partial charge in [-0.1, -0.05) is 0 Å². The Morgan fingerprint density at radius 1 is 1.27 bits per heavy atom. The first kappa shape index (κ1) is 12.8. The lowest BCUT2D eigenvalue weighted by Crippen LogP contribution is -2.27. The normalized spacial score (nSPS) is 40.9. The number of rotatable bonds is 0. The maximum absolute atomic E-state index is 11.7. The summed E-state index contributed by atoms with van der Waals surface area (Å²) in [5, 5.41) is 9.52. The molecule has 0 aliphatic carbocycles. The minimum Gasteiger partial charge on any atom is -0.506 e. The summed E-state index contributed by atoms with van der Waals surface area (Å²) in [5.74, 6) is -0.296. The molecule has 8 heteroatoms. The molecule has 2 atom stereocenters. The van der Waals surface area contributed by atoms with Crippen LogP contribution in [0, 0.1) is 0 Å². The van der Waals surface area contributed by atoms with Gasteiger partial charge in [-0.05, 0) is 13.8 Å². The SMILES string of the molecule is CC1(C)OP(C)(=O)OP(C)(=O)OC=C1O. The molecule has 0 amide bonds. The topological polar surface area (TPSA) is 82.1 Å². The van der Waals surface area contributed by atoms with Crippen molar-refractivity contribution in [3.8, 4) is 0 Å². The lowest BCUT2D eigenvalue weighted by atomic mass is 10.1. The van der Waals surface area contributed by atoms with Crippen molar-refractivity contribution in [2.24, 2.45) is 0 Å². The number of aliphatic hydroxyl groups excluding tert-OH is 1. The van der Waals surface area contributed by atoms with Crippen LogP contribution in [-0.2, 0) is 22.5 Å². The zero-order valence-corrected chi connectivity index (χ0v) is 10.7. The third-order valence-electron chi connectivity index (χ3n) is 1.66. The Morgan fingerprint density at radius 2 is 1.80 bits per heavy atom. The molecule has 0 fully saturated rings. The fourth-order valence-corrected chi connectivity index (χ4v) is 4.71. The van der Waals surface area contributed by atoms with Gasteiger partial charge in [-0.15, -0.1) is 0 Å². The first-order valence-corrected chi connectivity index (χ1v) is 8.17. The zero-order chi connectivity index (χ0) is 11.9. The average Bonchev–Trinajstić information content (AvgIpc) is 1.94. The molecule has 15 heavy (non-hydrogen) atoms. The van der Waals surface area contributed by atoms with E-state index in [9.17, 15) is 14.2 Å². The fourth-order valence-electron chi connectivity index (χ4n) is 1.05. The average molecular weight is 256 g/mol. The van der Waals surface area contributed by atoms with Crippen LogP contribution >= 0.6 is 15.2 Å². The summed E-state index contributed by atoms with van der Waals surface area (Å²) in [6.45, 7) is 5.31. The standard InChI is InChI=1S/C7H14O6P2/c1-7(2)6(8)5-11-14(3,9)13-15(4,10)12-7/h5,8H,1-4H3. The van der Waals surface area contributed by atoms with Crippen molar-refractivity contribution >= 4 is 15.2 Å². The summed E-state index contributed by atoms with van der Waals surface area (Å²) in [7, 11) is -7.02. The quantitative estimate of drug-likeness (QED) is 0.671. The molecule has 0 spiro atoms. The van der Waals surface area contributed by atoms with Crippen molar-refractivity contribution in [1.29, 1.82) is 0 Å². The van der Waals surface area contributed by atoms with E-state index >= 15 is 0 Å². The highest BCUT2D eigenvalue weighted by Gasteiger charge is 2.40. The van der Waals surface area contributed by atoms with E-state index in [1.54, 1.807) is 0 Å². The van der Waals surface area contributed by atoms with E-state index in [-0.39, 0.29) is 5.76 Å². The molecule has 2 unspecified atom stereocenters. The van der Waals surface area contributed by atoms with Gasteiger partial charge in [0.25, 0.3) is 0 Å². The largest absolute Gasteiger partial charge is 0.506 e. The molecule has 1 rings (SSSR count). The van der Waals surface area contributed by atoms with Crippen LogP contribution in [0.15, 0.2) is 12.0 Å². The maximum Gasteiger partial charge on any atom is 0.382 e. The molecule has 0 saturated carbocycles. The maximum atomic E-state index is 11.7. The second kappa shape index (κ2) is 3.63. The Hall–Kier alpha value is -0.280. The Labute approximate surface area is 88.3 Å². The Kier molecular flexibility index (Phi) is 3.10. The third kappa shape index (κ3) is 3.35. The van der Waals surface area contributed by atoms with E-state index in [2.05, 4.69) is 0 Å². The molecule has 0 radical (unpaired) electrons. The van der Waals surface area contributed by atoms with Gasteiger partial charge in [-0.3, -0.25) is 9.09 Å². The van der Waals surface area contributed by atoms with Gasteiger partial charge >= 0.3 is 15.2 Å². The summed E-state index contributed by atoms with van der Waals surface area (Å²) < 4.78 is 37.8. The predicted molar refractivity (Wildman–Crippen MR) is 55.1 cm³/mol. The molecule has 1 N–H and O–H groups in total. The van der Waals surface area contributed by atoms with Crippen molar-refractivity contribution in [2.75, 3.05) is 13.3 Å². The number of hydrogen-bond donors (Lipinski definition) is 1. The lowest BCUT2D eigenvalue weighted by Gasteiger charge is -2.31. The van der Waals surface area contributed by atoms with Crippen LogP contribution in [0.5, 0.6) is 0 Å². The molecule has 6 nitrogen and oxygen atoms in total. The summed E-state index contributed by atoms with van der Waals surface area (Å²) in [5.41, 5.74) is -1.20. The molecule has 0 aromatic heterocycles. The molecule has 1 aliphatic heterocycles. The highest BCUT2D eigenvalue weighted by atomic mass is 31.3. The van der Waals surface area contributed by atoms with E-state index in [1.165, 1.54) is 20.5 Å². The molecule has 0 aromatic carbocycles. The minimum atomic E-state index is -3.53. The Bertz CT molecular complexity index is 385. The molecule has 88 valence electrons. The van der Waals surface area contributed by atoms with Crippen LogP contribution in [0.2, 0.25) is 0 Å². The van der Waals surface area contributed by atoms with Gasteiger partial charge < -0.3 is 9.63 Å². The molecular weight excluding hydrogens is 242 g/mol. The fraction of sp³-hybridized carbons (Fsp3) is 0.714. The van der Waals surface area contributed by atoms with Crippen LogP contribution in [0.3, 0.4) is 0 Å². The van der Waals surface area contributed by atoms with E-state index in [0.29, 0.717) is 0 Å². The van der Waals surface area contributed by atoms with Crippen LogP contribution < -0.4 is 0 Å². The van der Waals surface area contributed by atoms with E-state index in [0.717, 1.165) is 12.9 Å². The zero-order valence-electron chi connectivity index (χ0n) is 8.96. The summed E-state index contributed by atoms with van der Waals surface area (Å²) in [4.78, 5) is 0.